The van der Waals surface area contributed by atoms with Crippen LogP contribution >= 0.6 is 11.3 Å². The van der Waals surface area contributed by atoms with Crippen LogP contribution in [0.4, 0.5) is 9.52 Å². The van der Waals surface area contributed by atoms with Crippen LogP contribution in [0.3, 0.4) is 0 Å². The van der Waals surface area contributed by atoms with E-state index in [9.17, 15) is 18.1 Å². The average molecular weight is 558 g/mol. The first-order valence-electron chi connectivity index (χ1n) is 12.8. The Balaban J connectivity index is 1.26. The molecule has 2 aromatic heterocycles. The number of thiazole rings is 1. The molecule has 2 fully saturated rings. The highest BCUT2D eigenvalue weighted by Crippen LogP contribution is 2.38. The zero-order chi connectivity index (χ0) is 26.9. The lowest BCUT2D eigenvalue weighted by molar-refractivity contribution is 0.209. The van der Waals surface area contributed by atoms with Crippen LogP contribution in [0.1, 0.15) is 37.1 Å². The topological polar surface area (TPSA) is 98.4 Å². The summed E-state index contributed by atoms with van der Waals surface area (Å²) < 4.78 is 44.0. The lowest BCUT2D eigenvalue weighted by Gasteiger charge is -2.36. The summed E-state index contributed by atoms with van der Waals surface area (Å²) in [7, 11) is -1.60. The van der Waals surface area contributed by atoms with Crippen molar-refractivity contribution in [1.29, 1.82) is 5.26 Å². The second-order valence-electron chi connectivity index (χ2n) is 10.2. The number of hydrogen-bond acceptors (Lipinski definition) is 8. The van der Waals surface area contributed by atoms with Gasteiger partial charge >= 0.3 is 0 Å². The second-order valence-corrected chi connectivity index (χ2v) is 13.4. The quantitative estimate of drug-likeness (QED) is 0.439. The Morgan fingerprint density at radius 2 is 1.79 bits per heavy atom. The molecule has 1 unspecified atom stereocenters. The molecule has 202 valence electrons. The normalized spacial score (nSPS) is 19.8. The number of rotatable bonds is 7. The zero-order valence-electron chi connectivity index (χ0n) is 21.6. The van der Waals surface area contributed by atoms with E-state index in [1.165, 1.54) is 34.0 Å². The Hall–Kier alpha value is -2.85. The maximum atomic E-state index is 13.4. The summed E-state index contributed by atoms with van der Waals surface area (Å²) in [5.41, 5.74) is 1.15. The number of anilines is 1. The predicted molar refractivity (Wildman–Crippen MR) is 144 cm³/mol. The van der Waals surface area contributed by atoms with Gasteiger partial charge in [-0.15, -0.1) is 0 Å². The molecular weight excluding hydrogens is 525 g/mol. The number of likely N-dealkylation sites (N-methyl/N-ethyl adjacent to an activating group) is 1. The minimum absolute atomic E-state index is 0.0786. The summed E-state index contributed by atoms with van der Waals surface area (Å²) in [4.78, 5) is 13.1. The molecule has 2 aliphatic heterocycles. The maximum Gasteiger partial charge on any atom is 0.254 e. The molecule has 0 N–H and O–H groups in total. The number of hydrogen-bond donors (Lipinski definition) is 0. The minimum atomic E-state index is -3.68. The number of aromatic nitrogens is 3. The summed E-state index contributed by atoms with van der Waals surface area (Å²) in [6.45, 7) is 6.07. The number of sulfonamides is 1. The molecule has 1 atom stereocenters. The van der Waals surface area contributed by atoms with Gasteiger partial charge in [-0.2, -0.15) is 9.57 Å². The highest BCUT2D eigenvalue weighted by atomic mass is 32.2. The molecule has 4 heterocycles. The minimum Gasteiger partial charge on any atom is -0.345 e. The van der Waals surface area contributed by atoms with Crippen molar-refractivity contribution in [2.24, 2.45) is 5.41 Å². The molecule has 3 aromatic rings. The molecule has 0 aliphatic carbocycles. The first-order valence-corrected chi connectivity index (χ1v) is 15.0. The van der Waals surface area contributed by atoms with Crippen molar-refractivity contribution < 1.29 is 12.8 Å². The third-order valence-corrected chi connectivity index (χ3v) is 11.2. The van der Waals surface area contributed by atoms with Crippen LogP contribution in [-0.2, 0) is 16.4 Å². The van der Waals surface area contributed by atoms with Crippen molar-refractivity contribution in [2.45, 2.75) is 36.4 Å². The van der Waals surface area contributed by atoms with Gasteiger partial charge in [-0.25, -0.2) is 22.8 Å². The number of imidazole rings is 1. The van der Waals surface area contributed by atoms with E-state index in [1.807, 2.05) is 11.5 Å². The predicted octanol–water partition coefficient (Wildman–Crippen LogP) is 3.38. The van der Waals surface area contributed by atoms with Crippen LogP contribution in [-0.4, -0.2) is 78.5 Å². The number of piperazine rings is 1. The Morgan fingerprint density at radius 3 is 2.45 bits per heavy atom. The van der Waals surface area contributed by atoms with Crippen LogP contribution < -0.4 is 4.90 Å². The van der Waals surface area contributed by atoms with Gasteiger partial charge in [0.05, 0.1) is 30.1 Å². The van der Waals surface area contributed by atoms with Gasteiger partial charge in [0.1, 0.15) is 5.82 Å². The number of piperidine rings is 1. The molecule has 9 nitrogen and oxygen atoms in total. The lowest BCUT2D eigenvalue weighted by Crippen LogP contribution is -2.44. The third-order valence-electron chi connectivity index (χ3n) is 7.79. The molecule has 38 heavy (non-hydrogen) atoms. The summed E-state index contributed by atoms with van der Waals surface area (Å²) in [5.74, 6) is -0.286. The first-order chi connectivity index (χ1) is 18.2. The monoisotopic (exact) mass is 557 g/mol. The number of benzene rings is 1. The summed E-state index contributed by atoms with van der Waals surface area (Å²) in [6.07, 6.45) is 6.30. The Labute approximate surface area is 227 Å². The third kappa shape index (κ3) is 5.33. The summed E-state index contributed by atoms with van der Waals surface area (Å²) >= 11 is 1.22. The van der Waals surface area contributed by atoms with Gasteiger partial charge in [-0.1, -0.05) is 23.5 Å². The van der Waals surface area contributed by atoms with E-state index in [4.69, 9.17) is 0 Å². The van der Waals surface area contributed by atoms with Crippen molar-refractivity contribution in [3.63, 3.8) is 0 Å². The van der Waals surface area contributed by atoms with Crippen LogP contribution in [0.15, 0.2) is 47.2 Å². The standard InChI is InChI=1S/C26H32FN7O2S2/c1-20(21-3-5-22(27)6-4-21)34-19-29-16-23(34)15-26(18-28)7-9-33(10-8-26)38(35,36)24-17-30-25(37-24)32-13-11-31(2)12-14-32/h3-6,16-17,19-20H,7-15H2,1-2H3. The molecule has 0 amide bonds. The molecule has 12 heteroatoms. The molecule has 0 radical (unpaired) electrons. The van der Waals surface area contributed by atoms with Gasteiger partial charge in [0, 0.05) is 57.6 Å². The van der Waals surface area contributed by atoms with Crippen LogP contribution in [0.2, 0.25) is 0 Å². The Kier molecular flexibility index (Phi) is 7.55. The molecular formula is C26H32FN7O2S2. The zero-order valence-corrected chi connectivity index (χ0v) is 23.3. The highest BCUT2D eigenvalue weighted by Gasteiger charge is 2.40. The molecule has 0 bridgehead atoms. The Morgan fingerprint density at radius 1 is 1.11 bits per heavy atom. The van der Waals surface area contributed by atoms with Crippen molar-refractivity contribution in [3.05, 3.63) is 60.1 Å². The number of halogens is 1. The van der Waals surface area contributed by atoms with E-state index >= 15 is 0 Å². The number of nitriles is 1. The van der Waals surface area contributed by atoms with E-state index in [2.05, 4.69) is 32.9 Å². The van der Waals surface area contributed by atoms with Crippen LogP contribution in [0.25, 0.3) is 0 Å². The van der Waals surface area contributed by atoms with Crippen LogP contribution in [0.5, 0.6) is 0 Å². The van der Waals surface area contributed by atoms with Crippen LogP contribution in [0, 0.1) is 22.6 Å². The number of nitrogens with zero attached hydrogens (tertiary/aromatic N) is 7. The van der Waals surface area contributed by atoms with Gasteiger partial charge in [0.25, 0.3) is 10.0 Å². The van der Waals surface area contributed by atoms with E-state index < -0.39 is 15.4 Å². The fraction of sp³-hybridized carbons (Fsp3) is 0.500. The first kappa shape index (κ1) is 26.7. The average Bonchev–Trinajstić information content (AvgIpc) is 3.60. The molecule has 2 saturated heterocycles. The van der Waals surface area contributed by atoms with E-state index in [0.717, 1.165) is 42.6 Å². The van der Waals surface area contributed by atoms with E-state index in [0.29, 0.717) is 19.3 Å². The smallest absolute Gasteiger partial charge is 0.254 e. The van der Waals surface area contributed by atoms with Gasteiger partial charge in [0.15, 0.2) is 9.34 Å². The molecule has 0 spiro atoms. The fourth-order valence-electron chi connectivity index (χ4n) is 5.19. The van der Waals surface area contributed by atoms with Crippen molar-refractivity contribution in [1.82, 2.24) is 23.7 Å². The summed E-state index contributed by atoms with van der Waals surface area (Å²) in [6, 6.07) is 8.80. The van der Waals surface area contributed by atoms with Gasteiger partial charge in [0.2, 0.25) is 0 Å². The Bertz CT molecular complexity index is 1400. The van der Waals surface area contributed by atoms with Gasteiger partial charge in [-0.3, -0.25) is 0 Å². The molecule has 5 rings (SSSR count). The lowest BCUT2D eigenvalue weighted by atomic mass is 9.76. The van der Waals surface area contributed by atoms with Crippen molar-refractivity contribution >= 4 is 26.5 Å². The highest BCUT2D eigenvalue weighted by molar-refractivity contribution is 7.91. The maximum absolute atomic E-state index is 13.4. The van der Waals surface area contributed by atoms with Crippen molar-refractivity contribution in [3.8, 4) is 6.07 Å². The van der Waals surface area contributed by atoms with E-state index in [1.54, 1.807) is 24.7 Å². The molecule has 1 aromatic carbocycles. The largest absolute Gasteiger partial charge is 0.345 e. The van der Waals surface area contributed by atoms with E-state index in [-0.39, 0.29) is 29.2 Å². The van der Waals surface area contributed by atoms with Gasteiger partial charge in [-0.05, 0) is 44.5 Å². The SMILES string of the molecule is CC(c1ccc(F)cc1)n1cncc1CC1(C#N)CCN(S(=O)(=O)c2cnc(N3CCN(C)CC3)s2)CC1. The summed E-state index contributed by atoms with van der Waals surface area (Å²) in [5, 5.41) is 10.9. The fourth-order valence-corrected chi connectivity index (χ4v) is 7.96. The van der Waals surface area contributed by atoms with Gasteiger partial charge < -0.3 is 14.4 Å². The molecule has 0 saturated carbocycles. The van der Waals surface area contributed by atoms with Crippen molar-refractivity contribution in [2.75, 3.05) is 51.2 Å². The molecule has 2 aliphatic rings. The second kappa shape index (κ2) is 10.7.